The van der Waals surface area contributed by atoms with Gasteiger partial charge in [-0.15, -0.1) is 0 Å². The second kappa shape index (κ2) is 5.36. The first-order chi connectivity index (χ1) is 8.97. The third-order valence-corrected chi connectivity index (χ3v) is 3.32. The molecule has 0 aliphatic heterocycles. The Hall–Kier alpha value is -1.95. The summed E-state index contributed by atoms with van der Waals surface area (Å²) in [5.41, 5.74) is 0.286. The minimum atomic E-state index is -1.11. The Bertz CT molecular complexity index is 480. The average molecular weight is 264 g/mol. The van der Waals surface area contributed by atoms with E-state index in [0.29, 0.717) is 18.0 Å². The van der Waals surface area contributed by atoms with Crippen LogP contribution in [0.2, 0.25) is 0 Å². The maximum atomic E-state index is 12.1. The second-order valence-electron chi connectivity index (χ2n) is 4.91. The fraction of sp³-hybridized carbons (Fsp3) is 0.462. The number of carboxylic acid groups (broad SMARTS) is 1. The lowest BCUT2D eigenvalue weighted by Crippen LogP contribution is -2.39. The van der Waals surface area contributed by atoms with E-state index >= 15 is 0 Å². The zero-order valence-corrected chi connectivity index (χ0v) is 10.6. The lowest BCUT2D eigenvalue weighted by molar-refractivity contribution is 0.0265. The number of aromatic carboxylic acids is 1. The van der Waals surface area contributed by atoms with Crippen molar-refractivity contribution in [2.45, 2.75) is 18.9 Å². The molecule has 102 valence electrons. The van der Waals surface area contributed by atoms with Crippen LogP contribution in [-0.4, -0.2) is 51.7 Å². The number of nitrogens with zero attached hydrogens (tertiary/aromatic N) is 2. The van der Waals surface area contributed by atoms with E-state index < -0.39 is 5.97 Å². The van der Waals surface area contributed by atoms with Gasteiger partial charge in [-0.3, -0.25) is 4.79 Å². The van der Waals surface area contributed by atoms with Gasteiger partial charge in [-0.25, -0.2) is 9.78 Å². The molecule has 0 unspecified atom stereocenters. The predicted molar refractivity (Wildman–Crippen MR) is 66.9 cm³/mol. The Labute approximate surface area is 110 Å². The molecule has 6 nitrogen and oxygen atoms in total. The maximum absolute atomic E-state index is 12.1. The molecule has 1 aromatic rings. The maximum Gasteiger partial charge on any atom is 0.354 e. The molecule has 1 aliphatic rings. The van der Waals surface area contributed by atoms with Gasteiger partial charge in [0.15, 0.2) is 0 Å². The van der Waals surface area contributed by atoms with Crippen LogP contribution in [-0.2, 0) is 0 Å². The molecule has 1 heterocycles. The number of pyridine rings is 1. The van der Waals surface area contributed by atoms with E-state index in [0.717, 1.165) is 12.8 Å². The van der Waals surface area contributed by atoms with Crippen molar-refractivity contribution in [3.05, 3.63) is 29.6 Å². The fourth-order valence-electron chi connectivity index (χ4n) is 2.19. The highest BCUT2D eigenvalue weighted by Crippen LogP contribution is 2.27. The van der Waals surface area contributed by atoms with Gasteiger partial charge >= 0.3 is 5.97 Å². The van der Waals surface area contributed by atoms with E-state index in [1.54, 1.807) is 11.9 Å². The van der Waals surface area contributed by atoms with Gasteiger partial charge in [0.1, 0.15) is 5.69 Å². The van der Waals surface area contributed by atoms with Crippen molar-refractivity contribution in [2.75, 3.05) is 13.6 Å². The van der Waals surface area contributed by atoms with Gasteiger partial charge in [-0.2, -0.15) is 0 Å². The Morgan fingerprint density at radius 3 is 2.58 bits per heavy atom. The van der Waals surface area contributed by atoms with Gasteiger partial charge in [0.2, 0.25) is 0 Å². The molecule has 0 saturated heterocycles. The summed E-state index contributed by atoms with van der Waals surface area (Å²) in [4.78, 5) is 28.0. The molecular weight excluding hydrogens is 248 g/mol. The van der Waals surface area contributed by atoms with Crippen LogP contribution in [0.5, 0.6) is 0 Å². The van der Waals surface area contributed by atoms with Crippen molar-refractivity contribution in [3.8, 4) is 0 Å². The lowest BCUT2D eigenvalue weighted by Gasteiger charge is -2.34. The molecule has 2 rings (SSSR count). The van der Waals surface area contributed by atoms with Gasteiger partial charge in [0, 0.05) is 19.8 Å². The minimum Gasteiger partial charge on any atom is -0.477 e. The molecule has 0 bridgehead atoms. The zero-order chi connectivity index (χ0) is 14.0. The van der Waals surface area contributed by atoms with Crippen LogP contribution in [0, 0.1) is 5.92 Å². The third kappa shape index (κ3) is 3.08. The van der Waals surface area contributed by atoms with E-state index in [-0.39, 0.29) is 17.7 Å². The van der Waals surface area contributed by atoms with Crippen molar-refractivity contribution >= 4 is 11.9 Å². The monoisotopic (exact) mass is 264 g/mol. The number of carbonyl (C=O) groups is 2. The van der Waals surface area contributed by atoms with Gasteiger partial charge in [0.05, 0.1) is 11.7 Å². The Kier molecular flexibility index (Phi) is 3.80. The predicted octanol–water partition coefficient (Wildman–Crippen LogP) is 0.623. The zero-order valence-electron chi connectivity index (χ0n) is 10.6. The molecule has 1 amide bonds. The van der Waals surface area contributed by atoms with Gasteiger partial charge in [-0.05, 0) is 30.9 Å². The summed E-state index contributed by atoms with van der Waals surface area (Å²) in [5.74, 6) is -0.961. The highest BCUT2D eigenvalue weighted by atomic mass is 16.4. The molecule has 1 aliphatic carbocycles. The van der Waals surface area contributed by atoms with Crippen LogP contribution in [0.4, 0.5) is 0 Å². The smallest absolute Gasteiger partial charge is 0.354 e. The SMILES string of the molecule is CN(CC1CC(O)C1)C(=O)c1ccc(C(=O)O)nc1. The molecule has 1 fully saturated rings. The number of carboxylic acids is 1. The number of hydrogen-bond donors (Lipinski definition) is 2. The highest BCUT2D eigenvalue weighted by Gasteiger charge is 2.29. The molecule has 2 N–H and O–H groups in total. The first-order valence-electron chi connectivity index (χ1n) is 6.10. The molecule has 0 aromatic carbocycles. The summed E-state index contributed by atoms with van der Waals surface area (Å²) in [7, 11) is 1.69. The van der Waals surface area contributed by atoms with Crippen LogP contribution in [0.15, 0.2) is 18.3 Å². The van der Waals surface area contributed by atoms with Crippen LogP contribution in [0.25, 0.3) is 0 Å². The van der Waals surface area contributed by atoms with Gasteiger partial charge < -0.3 is 15.1 Å². The first-order valence-corrected chi connectivity index (χ1v) is 6.10. The van der Waals surface area contributed by atoms with Gasteiger partial charge in [0.25, 0.3) is 5.91 Å². The van der Waals surface area contributed by atoms with Crippen LogP contribution in [0.1, 0.15) is 33.7 Å². The Balaban J connectivity index is 1.96. The normalized spacial score (nSPS) is 21.6. The summed E-state index contributed by atoms with van der Waals surface area (Å²) in [6.45, 7) is 0.594. The van der Waals surface area contributed by atoms with Crippen LogP contribution < -0.4 is 0 Å². The molecule has 0 spiro atoms. The summed E-state index contributed by atoms with van der Waals surface area (Å²) in [6, 6.07) is 2.78. The van der Waals surface area contributed by atoms with E-state index in [1.165, 1.54) is 18.3 Å². The summed E-state index contributed by atoms with van der Waals surface area (Å²) in [6.07, 6.45) is 2.50. The molecule has 19 heavy (non-hydrogen) atoms. The third-order valence-electron chi connectivity index (χ3n) is 3.32. The number of aliphatic hydroxyl groups is 1. The van der Waals surface area contributed by atoms with E-state index in [4.69, 9.17) is 5.11 Å². The van der Waals surface area contributed by atoms with Crippen molar-refractivity contribution in [1.29, 1.82) is 0 Å². The standard InChI is InChI=1S/C13H16N2O4/c1-15(7-8-4-10(16)5-8)12(17)9-2-3-11(13(18)19)14-6-9/h2-3,6,8,10,16H,4-5,7H2,1H3,(H,18,19). The number of carbonyl (C=O) groups excluding carboxylic acids is 1. The molecule has 1 aromatic heterocycles. The highest BCUT2D eigenvalue weighted by molar-refractivity contribution is 5.94. The van der Waals surface area contributed by atoms with Crippen molar-refractivity contribution in [1.82, 2.24) is 9.88 Å². The largest absolute Gasteiger partial charge is 0.477 e. The molecule has 0 radical (unpaired) electrons. The average Bonchev–Trinajstić information content (AvgIpc) is 2.36. The van der Waals surface area contributed by atoms with Crippen LogP contribution >= 0.6 is 0 Å². The number of rotatable bonds is 4. The number of hydrogen-bond acceptors (Lipinski definition) is 4. The van der Waals surface area contributed by atoms with E-state index in [1.807, 2.05) is 0 Å². The molecule has 1 saturated carbocycles. The Morgan fingerprint density at radius 1 is 1.42 bits per heavy atom. The van der Waals surface area contributed by atoms with Gasteiger partial charge in [-0.1, -0.05) is 0 Å². The minimum absolute atomic E-state index is 0.0821. The van der Waals surface area contributed by atoms with Crippen molar-refractivity contribution < 1.29 is 19.8 Å². The molecular formula is C13H16N2O4. The second-order valence-corrected chi connectivity index (χ2v) is 4.91. The fourth-order valence-corrected chi connectivity index (χ4v) is 2.19. The van der Waals surface area contributed by atoms with Crippen LogP contribution in [0.3, 0.4) is 0 Å². The van der Waals surface area contributed by atoms with Crippen molar-refractivity contribution in [2.24, 2.45) is 5.92 Å². The Morgan fingerprint density at radius 2 is 2.11 bits per heavy atom. The summed E-state index contributed by atoms with van der Waals surface area (Å²) < 4.78 is 0. The quantitative estimate of drug-likeness (QED) is 0.832. The van der Waals surface area contributed by atoms with E-state index in [9.17, 15) is 14.7 Å². The summed E-state index contributed by atoms with van der Waals surface area (Å²) >= 11 is 0. The number of aliphatic hydroxyl groups excluding tert-OH is 1. The first kappa shape index (κ1) is 13.5. The van der Waals surface area contributed by atoms with E-state index in [2.05, 4.69) is 4.98 Å². The topological polar surface area (TPSA) is 90.7 Å². The number of amides is 1. The molecule has 0 atom stereocenters. The molecule has 6 heteroatoms. The van der Waals surface area contributed by atoms with Crippen molar-refractivity contribution in [3.63, 3.8) is 0 Å². The lowest BCUT2D eigenvalue weighted by atomic mass is 9.82. The summed E-state index contributed by atoms with van der Waals surface area (Å²) in [5, 5.41) is 17.9. The number of aromatic nitrogens is 1.